The standard InChI is InChI=1S/C15H22BrNO3S/c1-15(2,3)10(4-7-13(18)19)8-9-17-14(20)11-5-6-12(16)21-11/h5-6,10H,4,7-9H2,1-3H3,(H,17,20)(H,18,19). The highest BCUT2D eigenvalue weighted by Crippen LogP contribution is 2.32. The van der Waals surface area contributed by atoms with E-state index in [-0.39, 0.29) is 23.7 Å². The second kappa shape index (κ2) is 7.94. The first-order valence-corrected chi connectivity index (χ1v) is 8.56. The van der Waals surface area contributed by atoms with Crippen molar-refractivity contribution < 1.29 is 14.7 Å². The summed E-state index contributed by atoms with van der Waals surface area (Å²) < 4.78 is 0.932. The van der Waals surface area contributed by atoms with E-state index in [1.165, 1.54) is 11.3 Å². The van der Waals surface area contributed by atoms with Gasteiger partial charge in [0.2, 0.25) is 0 Å². The third kappa shape index (κ3) is 6.61. The van der Waals surface area contributed by atoms with Crippen LogP contribution < -0.4 is 5.32 Å². The molecule has 1 heterocycles. The number of halogens is 1. The van der Waals surface area contributed by atoms with Crippen LogP contribution in [-0.2, 0) is 4.79 Å². The highest BCUT2D eigenvalue weighted by atomic mass is 79.9. The normalized spacial score (nSPS) is 13.0. The average Bonchev–Trinajstić information content (AvgIpc) is 2.78. The lowest BCUT2D eigenvalue weighted by Crippen LogP contribution is -2.29. The van der Waals surface area contributed by atoms with Crippen LogP contribution in [0.25, 0.3) is 0 Å². The second-order valence-electron chi connectivity index (χ2n) is 6.14. The Labute approximate surface area is 138 Å². The Balaban J connectivity index is 2.46. The highest BCUT2D eigenvalue weighted by molar-refractivity contribution is 9.11. The van der Waals surface area contributed by atoms with Crippen molar-refractivity contribution in [2.24, 2.45) is 11.3 Å². The smallest absolute Gasteiger partial charge is 0.303 e. The van der Waals surface area contributed by atoms with Crippen LogP contribution in [0.3, 0.4) is 0 Å². The van der Waals surface area contributed by atoms with Crippen LogP contribution in [0.4, 0.5) is 0 Å². The number of nitrogens with one attached hydrogen (secondary N) is 1. The summed E-state index contributed by atoms with van der Waals surface area (Å²) in [6.45, 7) is 6.89. The summed E-state index contributed by atoms with van der Waals surface area (Å²) in [5.41, 5.74) is 0.0339. The van der Waals surface area contributed by atoms with E-state index < -0.39 is 5.97 Å². The lowest BCUT2D eigenvalue weighted by atomic mass is 9.76. The molecule has 0 aliphatic rings. The van der Waals surface area contributed by atoms with Gasteiger partial charge < -0.3 is 10.4 Å². The molecule has 2 N–H and O–H groups in total. The number of hydrogen-bond acceptors (Lipinski definition) is 3. The fourth-order valence-corrected chi connectivity index (χ4v) is 3.49. The zero-order chi connectivity index (χ0) is 16.0. The molecule has 1 rings (SSSR count). The lowest BCUT2D eigenvalue weighted by Gasteiger charge is -2.30. The van der Waals surface area contributed by atoms with Crippen molar-refractivity contribution in [1.82, 2.24) is 5.32 Å². The molecule has 0 saturated heterocycles. The average molecular weight is 376 g/mol. The predicted molar refractivity (Wildman–Crippen MR) is 88.8 cm³/mol. The summed E-state index contributed by atoms with van der Waals surface area (Å²) in [4.78, 5) is 23.3. The molecule has 118 valence electrons. The lowest BCUT2D eigenvalue weighted by molar-refractivity contribution is -0.137. The zero-order valence-corrected chi connectivity index (χ0v) is 15.0. The van der Waals surface area contributed by atoms with E-state index >= 15 is 0 Å². The molecule has 0 spiro atoms. The van der Waals surface area contributed by atoms with Crippen LogP contribution in [0.1, 0.15) is 49.7 Å². The minimum absolute atomic E-state index is 0.0339. The van der Waals surface area contributed by atoms with E-state index in [9.17, 15) is 9.59 Å². The van der Waals surface area contributed by atoms with Crippen molar-refractivity contribution in [1.29, 1.82) is 0 Å². The van der Waals surface area contributed by atoms with E-state index in [2.05, 4.69) is 42.0 Å². The molecule has 0 radical (unpaired) electrons. The van der Waals surface area contributed by atoms with Gasteiger partial charge in [0.15, 0.2) is 0 Å². The number of hydrogen-bond donors (Lipinski definition) is 2. The molecule has 0 bridgehead atoms. The Hall–Kier alpha value is -0.880. The Bertz CT molecular complexity index is 493. The molecular weight excluding hydrogens is 354 g/mol. The van der Waals surface area contributed by atoms with Crippen molar-refractivity contribution in [3.8, 4) is 0 Å². The van der Waals surface area contributed by atoms with Gasteiger partial charge in [-0.2, -0.15) is 0 Å². The minimum atomic E-state index is -0.767. The van der Waals surface area contributed by atoms with Gasteiger partial charge in [-0.3, -0.25) is 9.59 Å². The van der Waals surface area contributed by atoms with Gasteiger partial charge in [-0.15, -0.1) is 11.3 Å². The Morgan fingerprint density at radius 1 is 1.33 bits per heavy atom. The van der Waals surface area contributed by atoms with E-state index in [4.69, 9.17) is 5.11 Å². The molecule has 1 atom stereocenters. The predicted octanol–water partition coefficient (Wildman–Crippen LogP) is 4.16. The molecule has 1 aromatic heterocycles. The third-order valence-electron chi connectivity index (χ3n) is 3.51. The summed E-state index contributed by atoms with van der Waals surface area (Å²) in [6.07, 6.45) is 1.60. The number of carboxylic acids is 1. The number of aliphatic carboxylic acids is 1. The first kappa shape index (κ1) is 18.2. The summed E-state index contributed by atoms with van der Waals surface area (Å²) in [5, 5.41) is 11.7. The van der Waals surface area contributed by atoms with Gasteiger partial charge >= 0.3 is 5.97 Å². The maximum Gasteiger partial charge on any atom is 0.303 e. The first-order valence-electron chi connectivity index (χ1n) is 6.95. The number of carboxylic acid groups (broad SMARTS) is 1. The largest absolute Gasteiger partial charge is 0.481 e. The van der Waals surface area contributed by atoms with Crippen LogP contribution in [-0.4, -0.2) is 23.5 Å². The highest BCUT2D eigenvalue weighted by Gasteiger charge is 2.25. The minimum Gasteiger partial charge on any atom is -0.481 e. The van der Waals surface area contributed by atoms with Gasteiger partial charge in [0, 0.05) is 13.0 Å². The van der Waals surface area contributed by atoms with Crippen molar-refractivity contribution in [3.63, 3.8) is 0 Å². The fraction of sp³-hybridized carbons (Fsp3) is 0.600. The molecule has 0 saturated carbocycles. The van der Waals surface area contributed by atoms with Crippen molar-refractivity contribution in [3.05, 3.63) is 20.8 Å². The first-order chi connectivity index (χ1) is 9.70. The maximum absolute atomic E-state index is 11.9. The molecule has 6 heteroatoms. The molecule has 0 aliphatic carbocycles. The third-order valence-corrected chi connectivity index (χ3v) is 5.13. The summed E-state index contributed by atoms with van der Waals surface area (Å²) >= 11 is 4.74. The fourth-order valence-electron chi connectivity index (χ4n) is 2.19. The molecule has 4 nitrogen and oxygen atoms in total. The van der Waals surface area contributed by atoms with Gasteiger partial charge in [0.25, 0.3) is 5.91 Å². The summed E-state index contributed by atoms with van der Waals surface area (Å²) in [5.74, 6) is -0.572. The Kier molecular flexibility index (Phi) is 6.87. The van der Waals surface area contributed by atoms with E-state index in [0.717, 1.165) is 10.2 Å². The molecule has 0 aliphatic heterocycles. The quantitative estimate of drug-likeness (QED) is 0.751. The summed E-state index contributed by atoms with van der Waals surface area (Å²) in [6, 6.07) is 3.64. The van der Waals surface area contributed by atoms with Crippen LogP contribution in [0, 0.1) is 11.3 Å². The van der Waals surface area contributed by atoms with Crippen molar-refractivity contribution in [2.75, 3.05) is 6.54 Å². The molecule has 1 amide bonds. The maximum atomic E-state index is 11.9. The van der Waals surface area contributed by atoms with Gasteiger partial charge in [0.1, 0.15) is 0 Å². The van der Waals surface area contributed by atoms with Crippen molar-refractivity contribution >= 4 is 39.1 Å². The van der Waals surface area contributed by atoms with Gasteiger partial charge in [0.05, 0.1) is 8.66 Å². The molecule has 21 heavy (non-hydrogen) atoms. The van der Waals surface area contributed by atoms with E-state index in [0.29, 0.717) is 17.8 Å². The molecule has 0 fully saturated rings. The van der Waals surface area contributed by atoms with Crippen molar-refractivity contribution in [2.45, 2.75) is 40.0 Å². The van der Waals surface area contributed by atoms with Crippen LogP contribution in [0.15, 0.2) is 15.9 Å². The molecule has 0 aromatic carbocycles. The number of amides is 1. The monoisotopic (exact) mass is 375 g/mol. The Morgan fingerprint density at radius 2 is 2.00 bits per heavy atom. The zero-order valence-electron chi connectivity index (χ0n) is 12.6. The van der Waals surface area contributed by atoms with Crippen LogP contribution in [0.5, 0.6) is 0 Å². The van der Waals surface area contributed by atoms with Gasteiger partial charge in [-0.25, -0.2) is 0 Å². The number of rotatable bonds is 7. The number of thiophene rings is 1. The van der Waals surface area contributed by atoms with Crippen LogP contribution >= 0.6 is 27.3 Å². The van der Waals surface area contributed by atoms with E-state index in [1.54, 1.807) is 6.07 Å². The number of carbonyl (C=O) groups excluding carboxylic acids is 1. The van der Waals surface area contributed by atoms with Gasteiger partial charge in [-0.1, -0.05) is 20.8 Å². The molecule has 1 aromatic rings. The van der Waals surface area contributed by atoms with E-state index in [1.807, 2.05) is 6.07 Å². The Morgan fingerprint density at radius 3 is 2.48 bits per heavy atom. The SMILES string of the molecule is CC(C)(C)C(CCNC(=O)c1ccc(Br)s1)CCC(=O)O. The molecular formula is C15H22BrNO3S. The topological polar surface area (TPSA) is 66.4 Å². The van der Waals surface area contributed by atoms with Gasteiger partial charge in [-0.05, 0) is 52.2 Å². The van der Waals surface area contributed by atoms with Crippen LogP contribution in [0.2, 0.25) is 0 Å². The summed E-state index contributed by atoms with van der Waals surface area (Å²) in [7, 11) is 0. The number of carbonyl (C=O) groups is 2. The second-order valence-corrected chi connectivity index (χ2v) is 8.61. The molecule has 1 unspecified atom stereocenters.